The largest absolute Gasteiger partial charge is 0.329 e. The van der Waals surface area contributed by atoms with Crippen LogP contribution in [-0.2, 0) is 6.54 Å². The van der Waals surface area contributed by atoms with E-state index in [-0.39, 0.29) is 30.9 Å². The van der Waals surface area contributed by atoms with Crippen molar-refractivity contribution in [2.45, 2.75) is 26.4 Å². The van der Waals surface area contributed by atoms with Crippen molar-refractivity contribution < 1.29 is 0 Å². The van der Waals surface area contributed by atoms with Crippen molar-refractivity contribution in [1.82, 2.24) is 14.5 Å². The topological polar surface area (TPSA) is 56.7 Å². The maximum absolute atomic E-state index is 5.79. The van der Waals surface area contributed by atoms with E-state index in [4.69, 9.17) is 5.73 Å². The molecule has 0 spiro atoms. The first kappa shape index (κ1) is 16.9. The Morgan fingerprint density at radius 1 is 1.28 bits per heavy atom. The van der Waals surface area contributed by atoms with E-state index in [0.717, 1.165) is 23.6 Å². The van der Waals surface area contributed by atoms with Gasteiger partial charge in [-0.25, -0.2) is 4.98 Å². The van der Waals surface area contributed by atoms with Crippen LogP contribution >= 0.6 is 24.8 Å². The molecule has 0 radical (unpaired) electrons. The number of pyridine rings is 1. The first-order valence-electron chi connectivity index (χ1n) is 5.36. The van der Waals surface area contributed by atoms with Crippen molar-refractivity contribution in [3.05, 3.63) is 36.4 Å². The molecular formula is C12H18Cl2N4. The molecule has 2 aromatic heterocycles. The lowest BCUT2D eigenvalue weighted by molar-refractivity contribution is 0.594. The zero-order valence-corrected chi connectivity index (χ0v) is 12.0. The monoisotopic (exact) mass is 288 g/mol. The quantitative estimate of drug-likeness (QED) is 0.944. The molecule has 18 heavy (non-hydrogen) atoms. The molecule has 2 aromatic rings. The second-order valence-corrected chi connectivity index (χ2v) is 4.07. The second kappa shape index (κ2) is 7.36. The third-order valence-electron chi connectivity index (χ3n) is 2.37. The number of aryl methyl sites for hydroxylation is 1. The van der Waals surface area contributed by atoms with E-state index in [9.17, 15) is 0 Å². The SMILES string of the molecule is Cc1ccc(-c2nccn2C[C@H](C)N)cn1.Cl.Cl. The van der Waals surface area contributed by atoms with Crippen LogP contribution in [0.15, 0.2) is 30.7 Å². The average Bonchev–Trinajstić information content (AvgIpc) is 2.66. The second-order valence-electron chi connectivity index (χ2n) is 4.07. The van der Waals surface area contributed by atoms with E-state index in [2.05, 4.69) is 14.5 Å². The van der Waals surface area contributed by atoms with E-state index in [1.807, 2.05) is 38.4 Å². The number of hydrogen-bond donors (Lipinski definition) is 1. The highest BCUT2D eigenvalue weighted by Crippen LogP contribution is 2.16. The molecule has 0 bridgehead atoms. The van der Waals surface area contributed by atoms with Gasteiger partial charge in [0.2, 0.25) is 0 Å². The summed E-state index contributed by atoms with van der Waals surface area (Å²) in [6, 6.07) is 4.13. The molecule has 4 nitrogen and oxygen atoms in total. The van der Waals surface area contributed by atoms with Crippen molar-refractivity contribution in [2.75, 3.05) is 0 Å². The highest BCUT2D eigenvalue weighted by atomic mass is 35.5. The molecule has 0 saturated carbocycles. The Morgan fingerprint density at radius 2 is 2.00 bits per heavy atom. The molecule has 0 amide bonds. The number of rotatable bonds is 3. The van der Waals surface area contributed by atoms with Crippen LogP contribution in [0, 0.1) is 6.92 Å². The summed E-state index contributed by atoms with van der Waals surface area (Å²) in [7, 11) is 0. The van der Waals surface area contributed by atoms with Gasteiger partial charge < -0.3 is 10.3 Å². The number of aromatic nitrogens is 3. The molecule has 0 aliphatic carbocycles. The van der Waals surface area contributed by atoms with Crippen LogP contribution in [0.4, 0.5) is 0 Å². The molecular weight excluding hydrogens is 271 g/mol. The minimum absolute atomic E-state index is 0. The molecule has 6 heteroatoms. The summed E-state index contributed by atoms with van der Waals surface area (Å²) in [5.41, 5.74) is 7.82. The first-order valence-corrected chi connectivity index (χ1v) is 5.36. The van der Waals surface area contributed by atoms with Gasteiger partial charge in [0.25, 0.3) is 0 Å². The van der Waals surface area contributed by atoms with Crippen molar-refractivity contribution in [1.29, 1.82) is 0 Å². The fourth-order valence-electron chi connectivity index (χ4n) is 1.63. The van der Waals surface area contributed by atoms with Gasteiger partial charge in [0.1, 0.15) is 5.82 Å². The van der Waals surface area contributed by atoms with Gasteiger partial charge in [0.15, 0.2) is 0 Å². The standard InChI is InChI=1S/C12H16N4.2ClH/c1-9(13)8-16-6-5-14-12(16)11-4-3-10(2)15-7-11;;/h3-7,9H,8,13H2,1-2H3;2*1H/t9-;;/m0../s1. The summed E-state index contributed by atoms with van der Waals surface area (Å²) < 4.78 is 2.05. The number of nitrogens with zero attached hydrogens (tertiary/aromatic N) is 3. The van der Waals surface area contributed by atoms with E-state index in [1.165, 1.54) is 0 Å². The average molecular weight is 289 g/mol. The van der Waals surface area contributed by atoms with Gasteiger partial charge in [-0.3, -0.25) is 4.98 Å². The number of halogens is 2. The lowest BCUT2D eigenvalue weighted by atomic mass is 10.2. The van der Waals surface area contributed by atoms with Gasteiger partial charge in [0, 0.05) is 42.4 Å². The van der Waals surface area contributed by atoms with Crippen LogP contribution in [0.25, 0.3) is 11.4 Å². The van der Waals surface area contributed by atoms with Crippen LogP contribution in [0.1, 0.15) is 12.6 Å². The fraction of sp³-hybridized carbons (Fsp3) is 0.333. The van der Waals surface area contributed by atoms with E-state index in [1.54, 1.807) is 6.20 Å². The predicted octanol–water partition coefficient (Wildman–Crippen LogP) is 2.44. The third kappa shape index (κ3) is 3.98. The lowest BCUT2D eigenvalue weighted by Crippen LogP contribution is -2.22. The van der Waals surface area contributed by atoms with Gasteiger partial charge in [-0.1, -0.05) is 0 Å². The lowest BCUT2D eigenvalue weighted by Gasteiger charge is -2.10. The summed E-state index contributed by atoms with van der Waals surface area (Å²) in [5.74, 6) is 0.921. The normalized spacial score (nSPS) is 11.3. The Labute approximate surface area is 119 Å². The molecule has 0 aliphatic heterocycles. The van der Waals surface area contributed by atoms with Gasteiger partial charge in [0.05, 0.1) is 0 Å². The van der Waals surface area contributed by atoms with E-state index >= 15 is 0 Å². The fourth-order valence-corrected chi connectivity index (χ4v) is 1.63. The Kier molecular flexibility index (Phi) is 6.91. The van der Waals surface area contributed by atoms with Gasteiger partial charge >= 0.3 is 0 Å². The molecule has 100 valence electrons. The first-order chi connectivity index (χ1) is 7.66. The Balaban J connectivity index is 0.00000144. The molecule has 2 heterocycles. The van der Waals surface area contributed by atoms with Crippen molar-refractivity contribution >= 4 is 24.8 Å². The summed E-state index contributed by atoms with van der Waals surface area (Å²) in [6.07, 6.45) is 5.57. The Bertz CT molecular complexity index is 465. The Hall–Kier alpha value is -1.10. The van der Waals surface area contributed by atoms with E-state index in [0.29, 0.717) is 0 Å². The van der Waals surface area contributed by atoms with Gasteiger partial charge in [-0.2, -0.15) is 0 Å². The summed E-state index contributed by atoms with van der Waals surface area (Å²) in [4.78, 5) is 8.61. The van der Waals surface area contributed by atoms with Crippen LogP contribution in [-0.4, -0.2) is 20.6 Å². The van der Waals surface area contributed by atoms with Crippen molar-refractivity contribution in [2.24, 2.45) is 5.73 Å². The molecule has 0 aliphatic rings. The van der Waals surface area contributed by atoms with Crippen molar-refractivity contribution in [3.8, 4) is 11.4 Å². The van der Waals surface area contributed by atoms with Crippen LogP contribution in [0.5, 0.6) is 0 Å². The smallest absolute Gasteiger partial charge is 0.141 e. The zero-order valence-electron chi connectivity index (χ0n) is 10.4. The molecule has 0 saturated heterocycles. The Morgan fingerprint density at radius 3 is 2.56 bits per heavy atom. The highest BCUT2D eigenvalue weighted by Gasteiger charge is 2.07. The minimum Gasteiger partial charge on any atom is -0.329 e. The number of nitrogens with two attached hydrogens (primary N) is 1. The highest BCUT2D eigenvalue weighted by molar-refractivity contribution is 5.85. The van der Waals surface area contributed by atoms with Crippen LogP contribution < -0.4 is 5.73 Å². The van der Waals surface area contributed by atoms with E-state index < -0.39 is 0 Å². The molecule has 2 rings (SSSR count). The van der Waals surface area contributed by atoms with Crippen LogP contribution in [0.3, 0.4) is 0 Å². The molecule has 0 unspecified atom stereocenters. The van der Waals surface area contributed by atoms with Gasteiger partial charge in [-0.05, 0) is 26.0 Å². The summed E-state index contributed by atoms with van der Waals surface area (Å²) in [5, 5.41) is 0. The zero-order chi connectivity index (χ0) is 11.5. The molecule has 1 atom stereocenters. The molecule has 0 aromatic carbocycles. The summed E-state index contributed by atoms with van der Waals surface area (Å²) >= 11 is 0. The number of hydrogen-bond acceptors (Lipinski definition) is 3. The summed E-state index contributed by atoms with van der Waals surface area (Å²) in [6.45, 7) is 4.72. The minimum atomic E-state index is 0. The predicted molar refractivity (Wildman–Crippen MR) is 78.3 cm³/mol. The van der Waals surface area contributed by atoms with Gasteiger partial charge in [-0.15, -0.1) is 24.8 Å². The van der Waals surface area contributed by atoms with Crippen LogP contribution in [0.2, 0.25) is 0 Å². The molecule has 2 N–H and O–H groups in total. The third-order valence-corrected chi connectivity index (χ3v) is 2.37. The maximum atomic E-state index is 5.79. The number of imidazole rings is 1. The maximum Gasteiger partial charge on any atom is 0.141 e. The molecule has 0 fully saturated rings. The van der Waals surface area contributed by atoms with Crippen molar-refractivity contribution in [3.63, 3.8) is 0 Å².